The minimum Gasteiger partial charge on any atom is -0.490 e. The van der Waals surface area contributed by atoms with Crippen LogP contribution in [0, 0.1) is 0 Å². The highest BCUT2D eigenvalue weighted by Gasteiger charge is 2.16. The summed E-state index contributed by atoms with van der Waals surface area (Å²) in [7, 11) is 0. The smallest absolute Gasteiger partial charge is 0.254 e. The molecule has 0 saturated heterocycles. The lowest BCUT2D eigenvalue weighted by Gasteiger charge is -2.22. The number of hydrogen-bond acceptors (Lipinski definition) is 4. The highest BCUT2D eigenvalue weighted by Crippen LogP contribution is 2.29. The van der Waals surface area contributed by atoms with Crippen molar-refractivity contribution in [1.29, 1.82) is 0 Å². The molecule has 21 heavy (non-hydrogen) atoms. The van der Waals surface area contributed by atoms with Crippen molar-refractivity contribution in [2.24, 2.45) is 5.73 Å². The Hall–Kier alpha value is -1.75. The van der Waals surface area contributed by atoms with E-state index in [0.29, 0.717) is 49.9 Å². The van der Waals surface area contributed by atoms with Gasteiger partial charge >= 0.3 is 0 Å². The molecule has 0 aromatic heterocycles. The van der Waals surface area contributed by atoms with Crippen molar-refractivity contribution in [2.45, 2.75) is 27.2 Å². The molecule has 1 aromatic rings. The van der Waals surface area contributed by atoms with Gasteiger partial charge in [-0.1, -0.05) is 6.92 Å². The second kappa shape index (κ2) is 9.23. The zero-order chi connectivity index (χ0) is 15.7. The van der Waals surface area contributed by atoms with Crippen LogP contribution in [0.1, 0.15) is 37.6 Å². The summed E-state index contributed by atoms with van der Waals surface area (Å²) in [5.41, 5.74) is 6.18. The van der Waals surface area contributed by atoms with E-state index in [1.54, 1.807) is 23.1 Å². The number of hydrogen-bond donors (Lipinski definition) is 1. The summed E-state index contributed by atoms with van der Waals surface area (Å²) in [6.45, 7) is 8.67. The number of amides is 1. The zero-order valence-corrected chi connectivity index (χ0v) is 13.2. The normalized spacial score (nSPS) is 10.3. The van der Waals surface area contributed by atoms with E-state index in [9.17, 15) is 4.79 Å². The summed E-state index contributed by atoms with van der Waals surface area (Å²) in [5, 5.41) is 0. The van der Waals surface area contributed by atoms with Crippen molar-refractivity contribution in [3.63, 3.8) is 0 Å². The van der Waals surface area contributed by atoms with Crippen molar-refractivity contribution < 1.29 is 14.3 Å². The molecule has 1 aromatic carbocycles. The predicted octanol–water partition coefficient (Wildman–Crippen LogP) is 2.29. The Morgan fingerprint density at radius 3 is 2.33 bits per heavy atom. The van der Waals surface area contributed by atoms with E-state index in [2.05, 4.69) is 0 Å². The highest BCUT2D eigenvalue weighted by molar-refractivity contribution is 5.95. The lowest BCUT2D eigenvalue weighted by molar-refractivity contribution is 0.0760. The maximum absolute atomic E-state index is 12.5. The van der Waals surface area contributed by atoms with Crippen molar-refractivity contribution in [3.05, 3.63) is 23.8 Å². The fourth-order valence-corrected chi connectivity index (χ4v) is 2.11. The number of nitrogens with zero attached hydrogens (tertiary/aromatic N) is 1. The molecule has 0 fully saturated rings. The maximum Gasteiger partial charge on any atom is 0.254 e. The molecule has 2 N–H and O–H groups in total. The van der Waals surface area contributed by atoms with Crippen LogP contribution in [-0.2, 0) is 0 Å². The highest BCUT2D eigenvalue weighted by atomic mass is 16.5. The van der Waals surface area contributed by atoms with Crippen LogP contribution in [0.4, 0.5) is 0 Å². The first-order chi connectivity index (χ1) is 10.2. The lowest BCUT2D eigenvalue weighted by Crippen LogP contribution is -2.35. The zero-order valence-electron chi connectivity index (χ0n) is 13.2. The van der Waals surface area contributed by atoms with Crippen molar-refractivity contribution in [1.82, 2.24) is 4.90 Å². The van der Waals surface area contributed by atoms with E-state index in [1.165, 1.54) is 0 Å². The molecule has 0 aliphatic carbocycles. The molecule has 0 spiro atoms. The van der Waals surface area contributed by atoms with Crippen LogP contribution in [0.2, 0.25) is 0 Å². The van der Waals surface area contributed by atoms with Gasteiger partial charge in [0.15, 0.2) is 11.5 Å². The van der Waals surface area contributed by atoms with Gasteiger partial charge in [0.1, 0.15) is 0 Å². The summed E-state index contributed by atoms with van der Waals surface area (Å²) in [6.07, 6.45) is 0.904. The minimum absolute atomic E-state index is 0.0219. The van der Waals surface area contributed by atoms with Gasteiger partial charge in [0, 0.05) is 25.2 Å². The van der Waals surface area contributed by atoms with Crippen LogP contribution in [0.5, 0.6) is 11.5 Å². The Bertz CT molecular complexity index is 443. The van der Waals surface area contributed by atoms with Crippen molar-refractivity contribution >= 4 is 5.91 Å². The second-order valence-electron chi connectivity index (χ2n) is 4.61. The Labute approximate surface area is 127 Å². The molecular formula is C16H26N2O3. The van der Waals surface area contributed by atoms with Crippen LogP contribution < -0.4 is 15.2 Å². The first-order valence-corrected chi connectivity index (χ1v) is 7.56. The molecule has 5 nitrogen and oxygen atoms in total. The van der Waals surface area contributed by atoms with Gasteiger partial charge < -0.3 is 20.1 Å². The average Bonchev–Trinajstić information content (AvgIpc) is 2.48. The van der Waals surface area contributed by atoms with Gasteiger partial charge in [-0.3, -0.25) is 4.79 Å². The predicted molar refractivity (Wildman–Crippen MR) is 84.0 cm³/mol. The number of carbonyl (C=O) groups excluding carboxylic acids is 1. The van der Waals surface area contributed by atoms with Gasteiger partial charge in [-0.05, 0) is 38.5 Å². The molecule has 5 heteroatoms. The number of nitrogens with two attached hydrogens (primary N) is 1. The first kappa shape index (κ1) is 17.3. The number of benzene rings is 1. The van der Waals surface area contributed by atoms with Gasteiger partial charge in [-0.2, -0.15) is 0 Å². The SMILES string of the molecule is CCCN(CCN)C(=O)c1ccc(OCC)c(OCC)c1. The fourth-order valence-electron chi connectivity index (χ4n) is 2.11. The van der Waals surface area contributed by atoms with Crippen LogP contribution in [0.25, 0.3) is 0 Å². The fraction of sp³-hybridized carbons (Fsp3) is 0.562. The Morgan fingerprint density at radius 2 is 1.76 bits per heavy atom. The van der Waals surface area contributed by atoms with Gasteiger partial charge in [-0.25, -0.2) is 0 Å². The molecule has 0 aliphatic heterocycles. The topological polar surface area (TPSA) is 64.8 Å². The largest absolute Gasteiger partial charge is 0.490 e. The number of rotatable bonds is 9. The molecule has 118 valence electrons. The first-order valence-electron chi connectivity index (χ1n) is 7.56. The van der Waals surface area contributed by atoms with Crippen molar-refractivity contribution in [3.8, 4) is 11.5 Å². The molecule has 0 unspecified atom stereocenters. The maximum atomic E-state index is 12.5. The van der Waals surface area contributed by atoms with Crippen LogP contribution in [0.15, 0.2) is 18.2 Å². The van der Waals surface area contributed by atoms with E-state index in [-0.39, 0.29) is 5.91 Å². The summed E-state index contributed by atoms with van der Waals surface area (Å²) in [5.74, 6) is 1.25. The molecule has 0 radical (unpaired) electrons. The third-order valence-electron chi connectivity index (χ3n) is 2.97. The molecule has 0 saturated carbocycles. The monoisotopic (exact) mass is 294 g/mol. The van der Waals surface area contributed by atoms with E-state index >= 15 is 0 Å². The second-order valence-corrected chi connectivity index (χ2v) is 4.61. The summed E-state index contributed by atoms with van der Waals surface area (Å²) in [4.78, 5) is 14.3. The summed E-state index contributed by atoms with van der Waals surface area (Å²) < 4.78 is 11.1. The molecular weight excluding hydrogens is 268 g/mol. The Morgan fingerprint density at radius 1 is 1.10 bits per heavy atom. The van der Waals surface area contributed by atoms with Gasteiger partial charge in [0.2, 0.25) is 0 Å². The van der Waals surface area contributed by atoms with Gasteiger partial charge in [-0.15, -0.1) is 0 Å². The van der Waals surface area contributed by atoms with E-state index < -0.39 is 0 Å². The van der Waals surface area contributed by atoms with E-state index in [4.69, 9.17) is 15.2 Å². The molecule has 0 atom stereocenters. The van der Waals surface area contributed by atoms with Crippen molar-refractivity contribution in [2.75, 3.05) is 32.8 Å². The lowest BCUT2D eigenvalue weighted by atomic mass is 10.1. The summed E-state index contributed by atoms with van der Waals surface area (Å²) in [6, 6.07) is 5.30. The quantitative estimate of drug-likeness (QED) is 0.759. The number of ether oxygens (including phenoxy) is 2. The van der Waals surface area contributed by atoms with Gasteiger partial charge in [0.05, 0.1) is 13.2 Å². The third kappa shape index (κ3) is 4.93. The summed E-state index contributed by atoms with van der Waals surface area (Å²) >= 11 is 0. The molecule has 0 heterocycles. The van der Waals surface area contributed by atoms with Crippen LogP contribution in [-0.4, -0.2) is 43.7 Å². The van der Waals surface area contributed by atoms with Crippen LogP contribution in [0.3, 0.4) is 0 Å². The molecule has 0 bridgehead atoms. The average molecular weight is 294 g/mol. The minimum atomic E-state index is -0.0219. The van der Waals surface area contributed by atoms with E-state index in [0.717, 1.165) is 6.42 Å². The number of carbonyl (C=O) groups is 1. The Kier molecular flexibility index (Phi) is 7.61. The standard InChI is InChI=1S/C16H26N2O3/c1-4-10-18(11-9-17)16(19)13-7-8-14(20-5-2)15(12-13)21-6-3/h7-8,12H,4-6,9-11,17H2,1-3H3. The third-order valence-corrected chi connectivity index (χ3v) is 2.97. The molecule has 0 aliphatic rings. The Balaban J connectivity index is 3.00. The van der Waals surface area contributed by atoms with E-state index in [1.807, 2.05) is 20.8 Å². The molecule has 1 rings (SSSR count). The molecule has 1 amide bonds. The van der Waals surface area contributed by atoms with Crippen LogP contribution >= 0.6 is 0 Å². The van der Waals surface area contributed by atoms with Gasteiger partial charge in [0.25, 0.3) is 5.91 Å².